The smallest absolute Gasteiger partial charge is 0.127 e. The number of hydrogen-bond donors (Lipinski definition) is 1. The molecule has 1 aromatic heterocycles. The molecule has 20 heavy (non-hydrogen) atoms. The van der Waals surface area contributed by atoms with Crippen LogP contribution in [0.1, 0.15) is 29.7 Å². The normalized spacial score (nSPS) is 12.4. The first kappa shape index (κ1) is 15.1. The molecule has 1 aromatic carbocycles. The summed E-state index contributed by atoms with van der Waals surface area (Å²) < 4.78 is 14.8. The van der Waals surface area contributed by atoms with E-state index in [1.165, 1.54) is 11.6 Å². The zero-order valence-corrected chi connectivity index (χ0v) is 13.2. The number of hydrogen-bond acceptors (Lipinski definition) is 2. The van der Waals surface area contributed by atoms with Gasteiger partial charge in [-0.3, -0.25) is 4.98 Å². The minimum Gasteiger partial charge on any atom is -0.310 e. The molecule has 0 amide bonds. The van der Waals surface area contributed by atoms with Crippen LogP contribution in [0.3, 0.4) is 0 Å². The van der Waals surface area contributed by atoms with Gasteiger partial charge in [0.1, 0.15) is 5.82 Å². The summed E-state index contributed by atoms with van der Waals surface area (Å²) in [5, 5.41) is 3.42. The monoisotopic (exact) mass is 336 g/mol. The van der Waals surface area contributed by atoms with Gasteiger partial charge < -0.3 is 5.32 Å². The van der Waals surface area contributed by atoms with Crippen LogP contribution in [0.25, 0.3) is 0 Å². The zero-order chi connectivity index (χ0) is 14.5. The number of aromatic nitrogens is 1. The van der Waals surface area contributed by atoms with Crippen molar-refractivity contribution in [3.63, 3.8) is 0 Å². The number of pyridine rings is 1. The second-order valence-corrected chi connectivity index (χ2v) is 5.70. The van der Waals surface area contributed by atoms with Crippen LogP contribution in [-0.2, 0) is 6.42 Å². The molecule has 1 unspecified atom stereocenters. The molecule has 1 N–H and O–H groups in total. The second kappa shape index (κ2) is 6.95. The molecule has 0 bridgehead atoms. The van der Waals surface area contributed by atoms with Crippen molar-refractivity contribution >= 4 is 15.9 Å². The minimum absolute atomic E-state index is 0.0960. The van der Waals surface area contributed by atoms with E-state index in [-0.39, 0.29) is 11.9 Å². The number of likely N-dealkylation sites (N-methyl/N-ethyl adjacent to an activating group) is 1. The summed E-state index contributed by atoms with van der Waals surface area (Å²) in [6.07, 6.45) is 4.25. The highest BCUT2D eigenvalue weighted by molar-refractivity contribution is 9.10. The van der Waals surface area contributed by atoms with Gasteiger partial charge >= 0.3 is 0 Å². The van der Waals surface area contributed by atoms with Crippen molar-refractivity contribution in [2.45, 2.75) is 26.3 Å². The lowest BCUT2D eigenvalue weighted by atomic mass is 9.96. The second-order valence-electron chi connectivity index (χ2n) is 4.78. The predicted octanol–water partition coefficient (Wildman–Crippen LogP) is 4.18. The first-order valence-electron chi connectivity index (χ1n) is 6.69. The molecule has 0 aliphatic heterocycles. The molecule has 0 aliphatic carbocycles. The van der Waals surface area contributed by atoms with E-state index in [0.717, 1.165) is 22.1 Å². The number of benzene rings is 1. The van der Waals surface area contributed by atoms with E-state index in [1.54, 1.807) is 6.20 Å². The van der Waals surface area contributed by atoms with Gasteiger partial charge in [-0.05, 0) is 54.8 Å². The Labute approximate surface area is 127 Å². The molecule has 0 radical (unpaired) electrons. The van der Waals surface area contributed by atoms with Gasteiger partial charge in [0, 0.05) is 22.9 Å². The molecule has 1 heterocycles. The molecular formula is C16H18BrFN2. The van der Waals surface area contributed by atoms with Crippen LogP contribution in [-0.4, -0.2) is 11.5 Å². The molecule has 4 heteroatoms. The van der Waals surface area contributed by atoms with Crippen LogP contribution in [0.15, 0.2) is 41.1 Å². The quantitative estimate of drug-likeness (QED) is 0.885. The van der Waals surface area contributed by atoms with E-state index >= 15 is 0 Å². The summed E-state index contributed by atoms with van der Waals surface area (Å²) in [7, 11) is 0. The number of halogens is 2. The maximum Gasteiger partial charge on any atom is 0.127 e. The SMILES string of the molecule is CCNC(Cc1ccc(Br)cc1F)c1ccncc1C. The molecule has 106 valence electrons. The van der Waals surface area contributed by atoms with Crippen molar-refractivity contribution in [1.29, 1.82) is 0 Å². The first-order chi connectivity index (χ1) is 9.61. The van der Waals surface area contributed by atoms with Crippen molar-refractivity contribution in [2.75, 3.05) is 6.54 Å². The Morgan fingerprint density at radius 1 is 1.35 bits per heavy atom. The maximum atomic E-state index is 14.0. The van der Waals surface area contributed by atoms with E-state index in [0.29, 0.717) is 6.42 Å². The van der Waals surface area contributed by atoms with Crippen molar-refractivity contribution in [3.05, 3.63) is 63.6 Å². The highest BCUT2D eigenvalue weighted by Gasteiger charge is 2.15. The lowest BCUT2D eigenvalue weighted by Gasteiger charge is -2.20. The summed E-state index contributed by atoms with van der Waals surface area (Å²) in [6.45, 7) is 4.93. The van der Waals surface area contributed by atoms with Crippen molar-refractivity contribution in [3.8, 4) is 0 Å². The molecule has 0 aliphatic rings. The fraction of sp³-hybridized carbons (Fsp3) is 0.312. The molecule has 0 saturated heterocycles. The predicted molar refractivity (Wildman–Crippen MR) is 83.2 cm³/mol. The van der Waals surface area contributed by atoms with Crippen LogP contribution in [0, 0.1) is 12.7 Å². The van der Waals surface area contributed by atoms with Crippen LogP contribution in [0.2, 0.25) is 0 Å². The topological polar surface area (TPSA) is 24.9 Å². The third kappa shape index (κ3) is 3.64. The van der Waals surface area contributed by atoms with Crippen LogP contribution >= 0.6 is 15.9 Å². The number of nitrogens with zero attached hydrogens (tertiary/aromatic N) is 1. The Bertz CT molecular complexity index is 586. The first-order valence-corrected chi connectivity index (χ1v) is 7.49. The van der Waals surface area contributed by atoms with Gasteiger partial charge in [-0.1, -0.05) is 28.9 Å². The largest absolute Gasteiger partial charge is 0.310 e. The van der Waals surface area contributed by atoms with Gasteiger partial charge in [-0.15, -0.1) is 0 Å². The molecule has 0 saturated carbocycles. The molecular weight excluding hydrogens is 319 g/mol. The zero-order valence-electron chi connectivity index (χ0n) is 11.7. The Balaban J connectivity index is 2.28. The van der Waals surface area contributed by atoms with Crippen molar-refractivity contribution in [1.82, 2.24) is 10.3 Å². The molecule has 0 spiro atoms. The Hall–Kier alpha value is -1.26. The molecule has 1 atom stereocenters. The number of aryl methyl sites for hydroxylation is 1. The minimum atomic E-state index is -0.172. The van der Waals surface area contributed by atoms with Gasteiger partial charge in [0.2, 0.25) is 0 Å². The van der Waals surface area contributed by atoms with Crippen molar-refractivity contribution < 1.29 is 4.39 Å². The van der Waals surface area contributed by atoms with Gasteiger partial charge in [0.25, 0.3) is 0 Å². The Morgan fingerprint density at radius 2 is 2.15 bits per heavy atom. The van der Waals surface area contributed by atoms with Gasteiger partial charge in [-0.2, -0.15) is 0 Å². The highest BCUT2D eigenvalue weighted by atomic mass is 79.9. The average Bonchev–Trinajstić information content (AvgIpc) is 2.42. The van der Waals surface area contributed by atoms with E-state index in [9.17, 15) is 4.39 Å². The third-order valence-electron chi connectivity index (χ3n) is 3.33. The van der Waals surface area contributed by atoms with Crippen LogP contribution < -0.4 is 5.32 Å². The summed E-state index contributed by atoms with van der Waals surface area (Å²) in [6, 6.07) is 7.32. The lowest BCUT2D eigenvalue weighted by molar-refractivity contribution is 0.525. The average molecular weight is 337 g/mol. The fourth-order valence-electron chi connectivity index (χ4n) is 2.32. The van der Waals surface area contributed by atoms with Gasteiger partial charge in [0.05, 0.1) is 0 Å². The van der Waals surface area contributed by atoms with Gasteiger partial charge in [-0.25, -0.2) is 4.39 Å². The van der Waals surface area contributed by atoms with Crippen molar-refractivity contribution in [2.24, 2.45) is 0 Å². The summed E-state index contributed by atoms with van der Waals surface area (Å²) in [5.74, 6) is -0.172. The van der Waals surface area contributed by atoms with E-state index in [2.05, 4.69) is 33.2 Å². The molecule has 2 aromatic rings. The standard InChI is InChI=1S/C16H18BrFN2/c1-3-20-16(14-6-7-19-10-11(14)2)8-12-4-5-13(17)9-15(12)18/h4-7,9-10,16,20H,3,8H2,1-2H3. The Kier molecular flexibility index (Phi) is 5.26. The molecule has 2 rings (SSSR count). The third-order valence-corrected chi connectivity index (χ3v) is 3.82. The summed E-state index contributed by atoms with van der Waals surface area (Å²) in [5.41, 5.74) is 3.01. The summed E-state index contributed by atoms with van der Waals surface area (Å²) >= 11 is 3.29. The molecule has 0 fully saturated rings. The number of rotatable bonds is 5. The van der Waals surface area contributed by atoms with E-state index in [4.69, 9.17) is 0 Å². The van der Waals surface area contributed by atoms with E-state index in [1.807, 2.05) is 31.3 Å². The van der Waals surface area contributed by atoms with Gasteiger partial charge in [0.15, 0.2) is 0 Å². The van der Waals surface area contributed by atoms with Crippen LogP contribution in [0.5, 0.6) is 0 Å². The Morgan fingerprint density at radius 3 is 2.80 bits per heavy atom. The highest BCUT2D eigenvalue weighted by Crippen LogP contribution is 2.24. The lowest BCUT2D eigenvalue weighted by Crippen LogP contribution is -2.24. The van der Waals surface area contributed by atoms with E-state index < -0.39 is 0 Å². The fourth-order valence-corrected chi connectivity index (χ4v) is 2.65. The number of nitrogens with one attached hydrogen (secondary N) is 1. The summed E-state index contributed by atoms with van der Waals surface area (Å²) in [4.78, 5) is 4.12. The maximum absolute atomic E-state index is 14.0. The van der Waals surface area contributed by atoms with Crippen LogP contribution in [0.4, 0.5) is 4.39 Å². The molecule has 2 nitrogen and oxygen atoms in total.